The number of thioether (sulfide) groups is 1. The van der Waals surface area contributed by atoms with Crippen molar-refractivity contribution in [2.45, 2.75) is 24.1 Å². The standard InChI is InChI=1S/C13H16N4OS2/c1-9-15-13(20-17-9)19-8-4-7-12(18)16-11-6-3-2-5-10(11)14/h2-3,5-6H,4,7-8,14H2,1H3,(H,16,18). The molecule has 0 saturated heterocycles. The molecule has 0 spiro atoms. The first-order valence-corrected chi connectivity index (χ1v) is 7.98. The fourth-order valence-corrected chi connectivity index (χ4v) is 3.21. The zero-order chi connectivity index (χ0) is 14.4. The SMILES string of the molecule is Cc1nsc(SCCCC(=O)Nc2ccccc2N)n1. The number of para-hydroxylation sites is 2. The largest absolute Gasteiger partial charge is 0.397 e. The van der Waals surface area contributed by atoms with Crippen LogP contribution in [-0.4, -0.2) is 21.0 Å². The summed E-state index contributed by atoms with van der Waals surface area (Å²) < 4.78 is 5.07. The van der Waals surface area contributed by atoms with Gasteiger partial charge in [0.25, 0.3) is 0 Å². The van der Waals surface area contributed by atoms with E-state index in [0.29, 0.717) is 17.8 Å². The lowest BCUT2D eigenvalue weighted by Crippen LogP contribution is -2.12. The molecule has 0 aliphatic heterocycles. The number of nitrogens with zero attached hydrogens (tertiary/aromatic N) is 2. The number of hydrogen-bond donors (Lipinski definition) is 2. The molecule has 0 fully saturated rings. The fraction of sp³-hybridized carbons (Fsp3) is 0.308. The topological polar surface area (TPSA) is 80.9 Å². The van der Waals surface area contributed by atoms with Crippen LogP contribution in [0, 0.1) is 6.92 Å². The van der Waals surface area contributed by atoms with Gasteiger partial charge in [0.15, 0.2) is 4.34 Å². The van der Waals surface area contributed by atoms with Gasteiger partial charge in [-0.25, -0.2) is 4.98 Å². The van der Waals surface area contributed by atoms with Gasteiger partial charge < -0.3 is 11.1 Å². The first-order chi connectivity index (χ1) is 9.65. The third-order valence-electron chi connectivity index (χ3n) is 2.52. The normalized spacial score (nSPS) is 10.4. The number of carbonyl (C=O) groups is 1. The molecule has 2 aromatic rings. The van der Waals surface area contributed by atoms with Gasteiger partial charge in [-0.05, 0) is 37.0 Å². The first-order valence-electron chi connectivity index (χ1n) is 6.22. The number of benzene rings is 1. The lowest BCUT2D eigenvalue weighted by Gasteiger charge is -2.07. The fourth-order valence-electron chi connectivity index (χ4n) is 1.55. The number of aromatic nitrogens is 2. The van der Waals surface area contributed by atoms with Gasteiger partial charge in [0.05, 0.1) is 11.4 Å². The molecule has 1 aromatic heterocycles. The Morgan fingerprint density at radius 1 is 1.45 bits per heavy atom. The number of hydrogen-bond acceptors (Lipinski definition) is 6. The van der Waals surface area contributed by atoms with Crippen molar-refractivity contribution in [2.24, 2.45) is 0 Å². The van der Waals surface area contributed by atoms with Crippen LogP contribution in [0.2, 0.25) is 0 Å². The van der Waals surface area contributed by atoms with Crippen LogP contribution in [0.1, 0.15) is 18.7 Å². The third kappa shape index (κ3) is 4.50. The summed E-state index contributed by atoms with van der Waals surface area (Å²) in [7, 11) is 0. The van der Waals surface area contributed by atoms with Crippen LogP contribution in [0.5, 0.6) is 0 Å². The van der Waals surface area contributed by atoms with E-state index in [4.69, 9.17) is 5.73 Å². The Bertz CT molecular complexity index is 585. The molecular weight excluding hydrogens is 292 g/mol. The van der Waals surface area contributed by atoms with Gasteiger partial charge >= 0.3 is 0 Å². The first kappa shape index (κ1) is 14.8. The summed E-state index contributed by atoms with van der Waals surface area (Å²) in [4.78, 5) is 16.0. The minimum atomic E-state index is -0.0167. The zero-order valence-electron chi connectivity index (χ0n) is 11.1. The quantitative estimate of drug-likeness (QED) is 0.487. The van der Waals surface area contributed by atoms with E-state index in [9.17, 15) is 4.79 Å². The number of nitrogens with one attached hydrogen (secondary N) is 1. The van der Waals surface area contributed by atoms with E-state index >= 15 is 0 Å². The van der Waals surface area contributed by atoms with Crippen LogP contribution in [-0.2, 0) is 4.79 Å². The molecule has 0 atom stereocenters. The number of carbonyl (C=O) groups excluding carboxylic acids is 1. The molecule has 106 valence electrons. The number of amides is 1. The zero-order valence-corrected chi connectivity index (χ0v) is 12.8. The maximum Gasteiger partial charge on any atom is 0.224 e. The Morgan fingerprint density at radius 2 is 2.25 bits per heavy atom. The van der Waals surface area contributed by atoms with Crippen LogP contribution < -0.4 is 11.1 Å². The molecule has 3 N–H and O–H groups in total. The van der Waals surface area contributed by atoms with E-state index in [0.717, 1.165) is 22.3 Å². The Labute approximate surface area is 126 Å². The molecule has 0 saturated carbocycles. The van der Waals surface area contributed by atoms with Crippen LogP contribution in [0.15, 0.2) is 28.6 Å². The van der Waals surface area contributed by atoms with Crippen molar-refractivity contribution in [3.63, 3.8) is 0 Å². The molecule has 0 radical (unpaired) electrons. The highest BCUT2D eigenvalue weighted by molar-refractivity contribution is 8.00. The van der Waals surface area contributed by atoms with Crippen molar-refractivity contribution in [2.75, 3.05) is 16.8 Å². The number of rotatable bonds is 6. The second-order valence-corrected chi connectivity index (χ2v) is 6.29. The summed E-state index contributed by atoms with van der Waals surface area (Å²) in [5.41, 5.74) is 7.02. The Balaban J connectivity index is 1.69. The molecule has 1 aromatic carbocycles. The van der Waals surface area contributed by atoms with Gasteiger partial charge in [0, 0.05) is 12.2 Å². The molecular formula is C13H16N4OS2. The lowest BCUT2D eigenvalue weighted by atomic mass is 10.2. The van der Waals surface area contributed by atoms with Crippen molar-refractivity contribution in [3.8, 4) is 0 Å². The summed E-state index contributed by atoms with van der Waals surface area (Å²) in [5, 5.41) is 2.81. The third-order valence-corrected chi connectivity index (χ3v) is 4.53. The van der Waals surface area contributed by atoms with Crippen molar-refractivity contribution in [1.82, 2.24) is 9.36 Å². The van der Waals surface area contributed by atoms with E-state index in [-0.39, 0.29) is 5.91 Å². The van der Waals surface area contributed by atoms with Crippen molar-refractivity contribution >= 4 is 40.6 Å². The molecule has 0 aliphatic rings. The molecule has 5 nitrogen and oxygen atoms in total. The number of aryl methyl sites for hydroxylation is 1. The highest BCUT2D eigenvalue weighted by atomic mass is 32.2. The minimum Gasteiger partial charge on any atom is -0.397 e. The summed E-state index contributed by atoms with van der Waals surface area (Å²) in [6, 6.07) is 7.25. The Hall–Kier alpha value is -1.60. The van der Waals surface area contributed by atoms with Crippen LogP contribution >= 0.6 is 23.3 Å². The number of nitrogen functional groups attached to an aromatic ring is 1. The van der Waals surface area contributed by atoms with Gasteiger partial charge in [-0.3, -0.25) is 4.79 Å². The number of nitrogens with two attached hydrogens (primary N) is 1. The van der Waals surface area contributed by atoms with E-state index in [1.54, 1.807) is 23.9 Å². The summed E-state index contributed by atoms with van der Waals surface area (Å²) in [6.45, 7) is 1.87. The Morgan fingerprint density at radius 3 is 2.95 bits per heavy atom. The molecule has 0 aliphatic carbocycles. The summed E-state index contributed by atoms with van der Waals surface area (Å²) in [5.74, 6) is 1.64. The minimum absolute atomic E-state index is 0.0167. The van der Waals surface area contributed by atoms with E-state index < -0.39 is 0 Å². The average molecular weight is 308 g/mol. The predicted molar refractivity (Wildman–Crippen MR) is 84.1 cm³/mol. The molecule has 1 amide bonds. The van der Waals surface area contributed by atoms with Crippen LogP contribution in [0.3, 0.4) is 0 Å². The molecule has 1 heterocycles. The van der Waals surface area contributed by atoms with Gasteiger partial charge in [-0.2, -0.15) is 4.37 Å². The average Bonchev–Trinajstić information content (AvgIpc) is 2.83. The molecule has 2 rings (SSSR count). The molecule has 0 bridgehead atoms. The maximum absolute atomic E-state index is 11.8. The van der Waals surface area contributed by atoms with Crippen molar-refractivity contribution < 1.29 is 4.79 Å². The van der Waals surface area contributed by atoms with Crippen molar-refractivity contribution in [3.05, 3.63) is 30.1 Å². The second kappa shape index (κ2) is 7.25. The van der Waals surface area contributed by atoms with Gasteiger partial charge in [-0.1, -0.05) is 23.9 Å². The number of anilines is 2. The van der Waals surface area contributed by atoms with E-state index in [2.05, 4.69) is 14.7 Å². The lowest BCUT2D eigenvalue weighted by molar-refractivity contribution is -0.116. The highest BCUT2D eigenvalue weighted by Gasteiger charge is 2.06. The van der Waals surface area contributed by atoms with Crippen LogP contribution in [0.25, 0.3) is 0 Å². The van der Waals surface area contributed by atoms with Gasteiger partial charge in [-0.15, -0.1) is 0 Å². The monoisotopic (exact) mass is 308 g/mol. The molecule has 20 heavy (non-hydrogen) atoms. The molecule has 7 heteroatoms. The van der Waals surface area contributed by atoms with E-state index in [1.165, 1.54) is 11.5 Å². The van der Waals surface area contributed by atoms with Gasteiger partial charge in [0.2, 0.25) is 5.91 Å². The summed E-state index contributed by atoms with van der Waals surface area (Å²) in [6.07, 6.45) is 1.26. The molecule has 0 unspecified atom stereocenters. The highest BCUT2D eigenvalue weighted by Crippen LogP contribution is 2.21. The van der Waals surface area contributed by atoms with Gasteiger partial charge in [0.1, 0.15) is 5.82 Å². The Kier molecular flexibility index (Phi) is 5.37. The second-order valence-electron chi connectivity index (χ2n) is 4.19. The maximum atomic E-state index is 11.8. The summed E-state index contributed by atoms with van der Waals surface area (Å²) >= 11 is 3.03. The van der Waals surface area contributed by atoms with Crippen molar-refractivity contribution in [1.29, 1.82) is 0 Å². The van der Waals surface area contributed by atoms with E-state index in [1.807, 2.05) is 19.1 Å². The predicted octanol–water partition coefficient (Wildman–Crippen LogP) is 2.94. The van der Waals surface area contributed by atoms with Crippen LogP contribution in [0.4, 0.5) is 11.4 Å². The smallest absolute Gasteiger partial charge is 0.224 e.